The van der Waals surface area contributed by atoms with E-state index in [2.05, 4.69) is 187 Å². The lowest BCUT2D eigenvalue weighted by Crippen LogP contribution is -2.11. The lowest BCUT2D eigenvalue weighted by Gasteiger charge is -2.28. The summed E-state index contributed by atoms with van der Waals surface area (Å²) in [5.41, 5.74) is 12.0. The van der Waals surface area contributed by atoms with Gasteiger partial charge in [0.15, 0.2) is 5.58 Å². The molecular formula is C46H31NO. The summed E-state index contributed by atoms with van der Waals surface area (Å²) in [5.74, 6) is 0. The molecule has 0 atom stereocenters. The third kappa shape index (κ3) is 4.83. The van der Waals surface area contributed by atoms with Crippen LogP contribution in [0, 0.1) is 0 Å². The second-order valence-electron chi connectivity index (χ2n) is 12.1. The van der Waals surface area contributed by atoms with Gasteiger partial charge in [-0.05, 0) is 68.9 Å². The van der Waals surface area contributed by atoms with Gasteiger partial charge in [0.25, 0.3) is 0 Å². The Morgan fingerprint density at radius 3 is 1.60 bits per heavy atom. The van der Waals surface area contributed by atoms with Gasteiger partial charge in [0.05, 0.1) is 11.4 Å². The number of hydrogen-bond donors (Lipinski definition) is 0. The minimum Gasteiger partial charge on any atom is -0.454 e. The molecule has 226 valence electrons. The first-order chi connectivity index (χ1) is 23.8. The molecule has 2 heteroatoms. The molecule has 0 aliphatic rings. The smallest absolute Gasteiger partial charge is 0.160 e. The van der Waals surface area contributed by atoms with Gasteiger partial charge in [0.1, 0.15) is 5.58 Å². The Morgan fingerprint density at radius 1 is 0.375 bits per heavy atom. The average Bonchev–Trinajstić information content (AvgIpc) is 3.57. The van der Waals surface area contributed by atoms with Gasteiger partial charge < -0.3 is 9.32 Å². The van der Waals surface area contributed by atoms with Crippen molar-refractivity contribution in [3.63, 3.8) is 0 Å². The topological polar surface area (TPSA) is 16.4 Å². The van der Waals surface area contributed by atoms with Crippen molar-refractivity contribution in [1.82, 2.24) is 0 Å². The summed E-state index contributed by atoms with van der Waals surface area (Å²) >= 11 is 0. The van der Waals surface area contributed by atoms with E-state index in [4.69, 9.17) is 4.42 Å². The Bertz CT molecular complexity index is 2530. The molecule has 9 rings (SSSR count). The predicted molar refractivity (Wildman–Crippen MR) is 202 cm³/mol. The van der Waals surface area contributed by atoms with Crippen LogP contribution in [0.3, 0.4) is 0 Å². The summed E-state index contributed by atoms with van der Waals surface area (Å²) in [5, 5.41) is 4.61. The van der Waals surface area contributed by atoms with Crippen molar-refractivity contribution in [3.8, 4) is 33.4 Å². The lowest BCUT2D eigenvalue weighted by atomic mass is 9.98. The summed E-state index contributed by atoms with van der Waals surface area (Å²) < 4.78 is 6.76. The molecule has 0 amide bonds. The van der Waals surface area contributed by atoms with Crippen LogP contribution in [0.2, 0.25) is 0 Å². The zero-order valence-corrected chi connectivity index (χ0v) is 26.3. The number of nitrogens with zero attached hydrogens (tertiary/aromatic N) is 1. The molecule has 0 saturated heterocycles. The van der Waals surface area contributed by atoms with Crippen LogP contribution in [0.15, 0.2) is 192 Å². The number of benzene rings is 8. The van der Waals surface area contributed by atoms with Crippen LogP contribution >= 0.6 is 0 Å². The molecule has 8 aromatic carbocycles. The normalized spacial score (nSPS) is 11.3. The van der Waals surface area contributed by atoms with Crippen LogP contribution < -0.4 is 4.90 Å². The zero-order chi connectivity index (χ0) is 31.9. The van der Waals surface area contributed by atoms with Gasteiger partial charge in [0, 0.05) is 22.0 Å². The Hall–Kier alpha value is -6.38. The third-order valence-corrected chi connectivity index (χ3v) is 9.27. The number of para-hydroxylation sites is 2. The fraction of sp³-hybridized carbons (Fsp3) is 0. The van der Waals surface area contributed by atoms with Gasteiger partial charge in [-0.15, -0.1) is 0 Å². The van der Waals surface area contributed by atoms with Crippen molar-refractivity contribution < 1.29 is 4.42 Å². The van der Waals surface area contributed by atoms with Crippen molar-refractivity contribution in [3.05, 3.63) is 188 Å². The molecule has 0 aliphatic heterocycles. The average molecular weight is 614 g/mol. The van der Waals surface area contributed by atoms with Crippen LogP contribution in [0.5, 0.6) is 0 Å². The SMILES string of the molecule is c1ccc(-c2ccc(-c3ccc(N(c4ccccc4-c4ccccc4)c4cc5ccccc5c5c4oc4ccccc45)cc3)cc2)cc1. The molecule has 0 saturated carbocycles. The summed E-state index contributed by atoms with van der Waals surface area (Å²) in [6.45, 7) is 0. The van der Waals surface area contributed by atoms with E-state index in [0.29, 0.717) is 0 Å². The summed E-state index contributed by atoms with van der Waals surface area (Å²) in [4.78, 5) is 2.36. The van der Waals surface area contributed by atoms with E-state index >= 15 is 0 Å². The standard InChI is InChI=1S/C46H31NO/c1-3-13-32(14-4-1)33-23-25-34(26-24-33)35-27-29-38(30-28-35)47(42-21-11-9-18-39(42)36-15-5-2-6-16-36)43-31-37-17-7-8-19-40(37)45-41-20-10-12-22-44(41)48-46(43)45/h1-31H. The van der Waals surface area contributed by atoms with Crippen LogP contribution in [0.25, 0.3) is 66.1 Å². The molecule has 0 fully saturated rings. The lowest BCUT2D eigenvalue weighted by molar-refractivity contribution is 0.669. The molecule has 0 spiro atoms. The van der Waals surface area contributed by atoms with E-state index < -0.39 is 0 Å². The molecule has 0 bridgehead atoms. The van der Waals surface area contributed by atoms with Crippen molar-refractivity contribution in [2.45, 2.75) is 0 Å². The summed E-state index contributed by atoms with van der Waals surface area (Å²) in [6, 6.07) is 66.8. The summed E-state index contributed by atoms with van der Waals surface area (Å²) in [7, 11) is 0. The second-order valence-corrected chi connectivity index (χ2v) is 12.1. The molecule has 0 radical (unpaired) electrons. The maximum absolute atomic E-state index is 6.76. The highest BCUT2D eigenvalue weighted by atomic mass is 16.3. The predicted octanol–water partition coefficient (Wildman–Crippen LogP) is 13.2. The van der Waals surface area contributed by atoms with Gasteiger partial charge in [-0.3, -0.25) is 0 Å². The highest BCUT2D eigenvalue weighted by molar-refractivity contribution is 6.23. The van der Waals surface area contributed by atoms with Crippen LogP contribution in [0.4, 0.5) is 17.1 Å². The van der Waals surface area contributed by atoms with Crippen molar-refractivity contribution in [1.29, 1.82) is 0 Å². The molecule has 0 aliphatic carbocycles. The van der Waals surface area contributed by atoms with E-state index in [1.54, 1.807) is 0 Å². The van der Waals surface area contributed by atoms with Crippen molar-refractivity contribution in [2.75, 3.05) is 4.90 Å². The minimum absolute atomic E-state index is 0.873. The Morgan fingerprint density at radius 2 is 0.896 bits per heavy atom. The fourth-order valence-corrected chi connectivity index (χ4v) is 6.95. The fourth-order valence-electron chi connectivity index (χ4n) is 6.95. The van der Waals surface area contributed by atoms with Gasteiger partial charge in [-0.2, -0.15) is 0 Å². The van der Waals surface area contributed by atoms with Crippen LogP contribution in [0.1, 0.15) is 0 Å². The van der Waals surface area contributed by atoms with Gasteiger partial charge in [-0.1, -0.05) is 158 Å². The van der Waals surface area contributed by atoms with Crippen LogP contribution in [-0.2, 0) is 0 Å². The van der Waals surface area contributed by atoms with Crippen LogP contribution in [-0.4, -0.2) is 0 Å². The second kappa shape index (κ2) is 11.8. The first kappa shape index (κ1) is 27.9. The zero-order valence-electron chi connectivity index (χ0n) is 26.3. The van der Waals surface area contributed by atoms with E-state index in [1.807, 2.05) is 6.07 Å². The minimum atomic E-state index is 0.873. The first-order valence-corrected chi connectivity index (χ1v) is 16.4. The molecule has 2 nitrogen and oxygen atoms in total. The highest BCUT2D eigenvalue weighted by Crippen LogP contribution is 2.47. The number of furan rings is 1. The van der Waals surface area contributed by atoms with Gasteiger partial charge in [0.2, 0.25) is 0 Å². The molecule has 0 unspecified atom stereocenters. The molecule has 9 aromatic rings. The monoisotopic (exact) mass is 613 g/mol. The Kier molecular flexibility index (Phi) is 6.84. The maximum Gasteiger partial charge on any atom is 0.160 e. The van der Waals surface area contributed by atoms with Crippen molar-refractivity contribution in [2.24, 2.45) is 0 Å². The largest absolute Gasteiger partial charge is 0.454 e. The molecule has 48 heavy (non-hydrogen) atoms. The number of rotatable bonds is 6. The number of fused-ring (bicyclic) bond motifs is 5. The Balaban J connectivity index is 1.24. The van der Waals surface area contributed by atoms with E-state index in [-0.39, 0.29) is 0 Å². The maximum atomic E-state index is 6.76. The molecule has 0 N–H and O–H groups in total. The third-order valence-electron chi connectivity index (χ3n) is 9.27. The quantitative estimate of drug-likeness (QED) is 0.185. The summed E-state index contributed by atoms with van der Waals surface area (Å²) in [6.07, 6.45) is 0. The van der Waals surface area contributed by atoms with E-state index in [9.17, 15) is 0 Å². The van der Waals surface area contributed by atoms with Gasteiger partial charge in [-0.25, -0.2) is 0 Å². The molecule has 1 aromatic heterocycles. The highest BCUT2D eigenvalue weighted by Gasteiger charge is 2.23. The van der Waals surface area contributed by atoms with Gasteiger partial charge >= 0.3 is 0 Å². The van der Waals surface area contributed by atoms with Crippen molar-refractivity contribution >= 4 is 49.8 Å². The van der Waals surface area contributed by atoms with E-state index in [0.717, 1.165) is 50.1 Å². The first-order valence-electron chi connectivity index (χ1n) is 16.4. The molecule has 1 heterocycles. The molecular weight excluding hydrogens is 583 g/mol. The Labute approximate surface area is 279 Å². The number of anilines is 3. The van der Waals surface area contributed by atoms with E-state index in [1.165, 1.54) is 33.0 Å². The number of hydrogen-bond acceptors (Lipinski definition) is 2.